The molecule has 0 amide bonds. The van der Waals surface area contributed by atoms with Gasteiger partial charge in [-0.3, -0.25) is 0 Å². The van der Waals surface area contributed by atoms with Crippen molar-refractivity contribution in [2.75, 3.05) is 31.3 Å². The molecular weight excluding hydrogens is 214 g/mol. The van der Waals surface area contributed by atoms with Crippen LogP contribution < -0.4 is 5.73 Å². The fraction of sp³-hybridized carbons (Fsp3) is 1.00. The predicted molar refractivity (Wildman–Crippen MR) is 66.2 cm³/mol. The van der Waals surface area contributed by atoms with E-state index in [-0.39, 0.29) is 0 Å². The number of nitrogens with two attached hydrogens (primary N) is 1. The average molecular weight is 237 g/mol. The second-order valence-corrected chi connectivity index (χ2v) is 6.03. The van der Waals surface area contributed by atoms with Crippen molar-refractivity contribution in [3.63, 3.8) is 0 Å². The Morgan fingerprint density at radius 2 is 2.00 bits per heavy atom. The molecule has 0 fully saturated rings. The van der Waals surface area contributed by atoms with Gasteiger partial charge >= 0.3 is 9.28 Å². The van der Waals surface area contributed by atoms with Crippen molar-refractivity contribution in [3.05, 3.63) is 0 Å². The Bertz CT molecular complexity index is 119. The smallest absolute Gasteiger partial charge is 0.318 e. The van der Waals surface area contributed by atoms with Gasteiger partial charge in [0.1, 0.15) is 0 Å². The Balaban J connectivity index is 2.98. The van der Waals surface area contributed by atoms with Gasteiger partial charge in [0.05, 0.1) is 0 Å². The lowest BCUT2D eigenvalue weighted by Crippen LogP contribution is -2.19. The first kappa shape index (κ1) is 14.4. The van der Waals surface area contributed by atoms with Crippen molar-refractivity contribution in [2.24, 2.45) is 5.73 Å². The van der Waals surface area contributed by atoms with E-state index in [0.29, 0.717) is 0 Å². The first-order valence-corrected chi connectivity index (χ1v) is 8.57. The zero-order valence-corrected chi connectivity index (χ0v) is 11.3. The zero-order valence-electron chi connectivity index (χ0n) is 9.33. The van der Waals surface area contributed by atoms with Gasteiger partial charge in [-0.15, -0.1) is 0 Å². The van der Waals surface area contributed by atoms with Crippen molar-refractivity contribution < 1.29 is 8.85 Å². The summed E-state index contributed by atoms with van der Waals surface area (Å²) in [5, 5.41) is 0. The van der Waals surface area contributed by atoms with E-state index in [2.05, 4.69) is 6.55 Å². The molecule has 2 N–H and O–H groups in total. The third-order valence-corrected chi connectivity index (χ3v) is 4.31. The topological polar surface area (TPSA) is 44.5 Å². The van der Waals surface area contributed by atoms with Crippen molar-refractivity contribution in [2.45, 2.75) is 26.3 Å². The second kappa shape index (κ2) is 11.5. The van der Waals surface area contributed by atoms with E-state index in [0.717, 1.165) is 31.9 Å². The molecule has 1 atom stereocenters. The molecule has 0 aliphatic heterocycles. The Hall–Kier alpha value is 0.447. The molecule has 0 aliphatic rings. The summed E-state index contributed by atoms with van der Waals surface area (Å²) >= 11 is 1.92. The van der Waals surface area contributed by atoms with Gasteiger partial charge in [0.25, 0.3) is 0 Å². The van der Waals surface area contributed by atoms with Crippen LogP contribution in [0.3, 0.4) is 0 Å². The summed E-state index contributed by atoms with van der Waals surface area (Å²) in [5.74, 6) is 2.27. The van der Waals surface area contributed by atoms with E-state index in [9.17, 15) is 0 Å². The molecule has 0 spiro atoms. The first-order valence-electron chi connectivity index (χ1n) is 5.32. The third-order valence-electron chi connectivity index (χ3n) is 1.70. The molecule has 86 valence electrons. The fourth-order valence-corrected chi connectivity index (χ4v) is 2.87. The highest BCUT2D eigenvalue weighted by atomic mass is 32.2. The molecule has 0 aromatic heterocycles. The van der Waals surface area contributed by atoms with Crippen LogP contribution in [0.5, 0.6) is 0 Å². The van der Waals surface area contributed by atoms with Crippen molar-refractivity contribution >= 4 is 21.0 Å². The molecule has 0 radical (unpaired) electrons. The van der Waals surface area contributed by atoms with Gasteiger partial charge < -0.3 is 14.6 Å². The predicted octanol–water partition coefficient (Wildman–Crippen LogP) is 1.36. The number of hydrogen-bond acceptors (Lipinski definition) is 4. The molecule has 0 saturated heterocycles. The minimum atomic E-state index is -1.29. The van der Waals surface area contributed by atoms with Gasteiger partial charge in [-0.2, -0.15) is 11.8 Å². The minimum absolute atomic E-state index is 0.778. The van der Waals surface area contributed by atoms with Gasteiger partial charge in [0.15, 0.2) is 0 Å². The van der Waals surface area contributed by atoms with E-state index in [1.165, 1.54) is 12.2 Å². The molecule has 0 bridgehead atoms. The van der Waals surface area contributed by atoms with Crippen LogP contribution in [0.4, 0.5) is 0 Å². The van der Waals surface area contributed by atoms with Gasteiger partial charge in [-0.05, 0) is 32.1 Å². The Morgan fingerprint density at radius 3 is 2.64 bits per heavy atom. The molecule has 0 aliphatic carbocycles. The Kier molecular flexibility index (Phi) is 11.9. The monoisotopic (exact) mass is 237 g/mol. The maximum atomic E-state index is 5.57. The normalized spacial score (nSPS) is 13.1. The lowest BCUT2D eigenvalue weighted by molar-refractivity contribution is 0.207. The molecule has 0 rings (SSSR count). The minimum Gasteiger partial charge on any atom is -0.397 e. The molecule has 0 saturated carbocycles. The van der Waals surface area contributed by atoms with Crippen LogP contribution in [0.15, 0.2) is 0 Å². The fourth-order valence-electron chi connectivity index (χ4n) is 1.02. The van der Waals surface area contributed by atoms with Crippen LogP contribution >= 0.6 is 11.8 Å². The van der Waals surface area contributed by atoms with Crippen LogP contribution in [0.1, 0.15) is 19.8 Å². The summed E-state index contributed by atoms with van der Waals surface area (Å²) in [6.45, 7) is 6.51. The van der Waals surface area contributed by atoms with Crippen molar-refractivity contribution in [1.82, 2.24) is 0 Å². The SMILES string of the molecule is CCO[SiH](C)OCCCCSCCN. The number of unbranched alkanes of at least 4 members (excludes halogenated alkanes) is 1. The second-order valence-electron chi connectivity index (χ2n) is 3.00. The largest absolute Gasteiger partial charge is 0.397 e. The first-order chi connectivity index (χ1) is 6.81. The summed E-state index contributed by atoms with van der Waals surface area (Å²) < 4.78 is 11.0. The highest BCUT2D eigenvalue weighted by Crippen LogP contribution is 2.03. The summed E-state index contributed by atoms with van der Waals surface area (Å²) in [4.78, 5) is 0. The molecule has 0 aromatic rings. The van der Waals surface area contributed by atoms with E-state index in [1.54, 1.807) is 0 Å². The van der Waals surface area contributed by atoms with E-state index < -0.39 is 9.28 Å². The average Bonchev–Trinajstić information content (AvgIpc) is 2.17. The molecular formula is C9H23NO2SSi. The summed E-state index contributed by atoms with van der Waals surface area (Å²) in [6, 6.07) is 0. The Labute approximate surface area is 93.6 Å². The quantitative estimate of drug-likeness (QED) is 0.460. The summed E-state index contributed by atoms with van der Waals surface area (Å²) in [5.41, 5.74) is 5.39. The molecule has 14 heavy (non-hydrogen) atoms. The number of thioether (sulfide) groups is 1. The standard InChI is InChI=1S/C9H23NO2SSi/c1-3-11-14(2)12-7-4-5-8-13-9-6-10/h14H,3-10H2,1-2H3. The molecule has 0 aromatic carbocycles. The van der Waals surface area contributed by atoms with E-state index in [1.807, 2.05) is 18.7 Å². The van der Waals surface area contributed by atoms with Crippen LogP contribution in [0, 0.1) is 0 Å². The number of rotatable bonds is 10. The van der Waals surface area contributed by atoms with Gasteiger partial charge in [-0.1, -0.05) is 0 Å². The zero-order chi connectivity index (χ0) is 10.6. The highest BCUT2D eigenvalue weighted by molar-refractivity contribution is 7.99. The van der Waals surface area contributed by atoms with Crippen LogP contribution in [-0.4, -0.2) is 40.5 Å². The third kappa shape index (κ3) is 10.5. The van der Waals surface area contributed by atoms with Gasteiger partial charge in [0.2, 0.25) is 0 Å². The van der Waals surface area contributed by atoms with E-state index >= 15 is 0 Å². The van der Waals surface area contributed by atoms with Crippen LogP contribution in [-0.2, 0) is 8.85 Å². The summed E-state index contributed by atoms with van der Waals surface area (Å²) in [7, 11) is -1.29. The summed E-state index contributed by atoms with van der Waals surface area (Å²) in [6.07, 6.45) is 2.36. The van der Waals surface area contributed by atoms with Crippen molar-refractivity contribution in [3.8, 4) is 0 Å². The maximum absolute atomic E-state index is 5.57. The van der Waals surface area contributed by atoms with E-state index in [4.69, 9.17) is 14.6 Å². The lowest BCUT2D eigenvalue weighted by Gasteiger charge is -2.10. The van der Waals surface area contributed by atoms with Crippen molar-refractivity contribution in [1.29, 1.82) is 0 Å². The molecule has 5 heteroatoms. The van der Waals surface area contributed by atoms with Crippen LogP contribution in [0.25, 0.3) is 0 Å². The maximum Gasteiger partial charge on any atom is 0.318 e. The molecule has 1 unspecified atom stereocenters. The van der Waals surface area contributed by atoms with Gasteiger partial charge in [0, 0.05) is 25.5 Å². The lowest BCUT2D eigenvalue weighted by atomic mass is 10.4. The Morgan fingerprint density at radius 1 is 1.21 bits per heavy atom. The van der Waals surface area contributed by atoms with Gasteiger partial charge in [-0.25, -0.2) is 0 Å². The molecule has 3 nitrogen and oxygen atoms in total. The van der Waals surface area contributed by atoms with Crippen LogP contribution in [0.2, 0.25) is 6.55 Å². The number of hydrogen-bond donors (Lipinski definition) is 1. The molecule has 0 heterocycles. The highest BCUT2D eigenvalue weighted by Gasteiger charge is 2.02.